The Morgan fingerprint density at radius 1 is 1.03 bits per heavy atom. The first-order chi connectivity index (χ1) is 15.0. The molecule has 2 aromatic carbocycles. The molecule has 2 aromatic rings. The molecule has 0 saturated heterocycles. The van der Waals surface area contributed by atoms with E-state index in [1.54, 1.807) is 31.4 Å². The number of halogens is 1. The van der Waals surface area contributed by atoms with E-state index in [0.29, 0.717) is 41.5 Å². The number of nitrogens with one attached hydrogen (secondary N) is 1. The van der Waals surface area contributed by atoms with Crippen molar-refractivity contribution in [1.82, 2.24) is 4.90 Å². The van der Waals surface area contributed by atoms with Gasteiger partial charge in [-0.1, -0.05) is 36.7 Å². The number of hydrogen-bond acceptors (Lipinski definition) is 5. The maximum Gasteiger partial charge on any atom is 0.278 e. The summed E-state index contributed by atoms with van der Waals surface area (Å²) in [6.07, 6.45) is 1.47. The lowest BCUT2D eigenvalue weighted by molar-refractivity contribution is -0.136. The molecule has 2 amide bonds. The van der Waals surface area contributed by atoms with Crippen LogP contribution in [0.25, 0.3) is 5.57 Å². The average Bonchev–Trinajstić information content (AvgIpc) is 2.99. The van der Waals surface area contributed by atoms with Crippen molar-refractivity contribution in [3.63, 3.8) is 0 Å². The normalized spacial score (nSPS) is 13.9. The second-order valence-corrected chi connectivity index (χ2v) is 7.75. The molecule has 0 spiro atoms. The zero-order valence-corrected chi connectivity index (χ0v) is 18.8. The number of methoxy groups -OCH3 is 1. The molecule has 0 aromatic heterocycles. The first-order valence-electron chi connectivity index (χ1n) is 10.3. The minimum Gasteiger partial charge on any atom is -0.494 e. The Labute approximate surface area is 187 Å². The molecule has 3 rings (SSSR count). The highest BCUT2D eigenvalue weighted by Gasteiger charge is 2.39. The lowest BCUT2D eigenvalue weighted by Gasteiger charge is -2.15. The highest BCUT2D eigenvalue weighted by molar-refractivity contribution is 6.36. The van der Waals surface area contributed by atoms with Crippen LogP contribution in [-0.4, -0.2) is 43.6 Å². The van der Waals surface area contributed by atoms with Crippen molar-refractivity contribution in [1.29, 1.82) is 0 Å². The van der Waals surface area contributed by atoms with Gasteiger partial charge in [0.05, 0.1) is 12.2 Å². The van der Waals surface area contributed by atoms with Crippen molar-refractivity contribution in [2.45, 2.75) is 26.7 Å². The molecule has 31 heavy (non-hydrogen) atoms. The maximum absolute atomic E-state index is 13.2. The quantitative estimate of drug-likeness (QED) is 0.428. The van der Waals surface area contributed by atoms with Gasteiger partial charge in [-0.15, -0.1) is 0 Å². The summed E-state index contributed by atoms with van der Waals surface area (Å²) in [6.45, 7) is 5.32. The first kappa shape index (κ1) is 22.8. The Morgan fingerprint density at radius 2 is 1.77 bits per heavy atom. The number of rotatable bonds is 10. The Kier molecular flexibility index (Phi) is 7.71. The fraction of sp³-hybridized carbons (Fsp3) is 0.333. The summed E-state index contributed by atoms with van der Waals surface area (Å²) < 4.78 is 10.7. The number of amides is 2. The molecule has 1 heterocycles. The second-order valence-electron chi connectivity index (χ2n) is 7.32. The van der Waals surface area contributed by atoms with E-state index in [0.717, 1.165) is 17.7 Å². The summed E-state index contributed by atoms with van der Waals surface area (Å²) in [7, 11) is 1.59. The van der Waals surface area contributed by atoms with Crippen molar-refractivity contribution in [3.05, 3.63) is 64.3 Å². The molecule has 7 heteroatoms. The standard InChI is InChI=1S/C24H27ClN2O4/c1-4-13-31-19-10-7-17(8-11-19)21-22(26-20-15-18(25)9-6-16(20)2)24(29)27(23(21)28)12-5-14-30-3/h6-11,15,26H,4-5,12-14H2,1-3H3. The van der Waals surface area contributed by atoms with E-state index in [4.69, 9.17) is 21.1 Å². The van der Waals surface area contributed by atoms with Crippen molar-refractivity contribution in [2.24, 2.45) is 0 Å². The van der Waals surface area contributed by atoms with E-state index in [1.165, 1.54) is 4.90 Å². The van der Waals surface area contributed by atoms with Crippen LogP contribution in [-0.2, 0) is 14.3 Å². The summed E-state index contributed by atoms with van der Waals surface area (Å²) in [5.74, 6) is 0.0346. The fourth-order valence-corrected chi connectivity index (χ4v) is 3.50. The van der Waals surface area contributed by atoms with Crippen LogP contribution in [0.5, 0.6) is 5.75 Å². The average molecular weight is 443 g/mol. The van der Waals surface area contributed by atoms with Gasteiger partial charge in [-0.3, -0.25) is 14.5 Å². The number of carbonyl (C=O) groups is 2. The number of imide groups is 1. The molecule has 0 unspecified atom stereocenters. The summed E-state index contributed by atoms with van der Waals surface area (Å²) in [5.41, 5.74) is 2.83. The molecule has 6 nitrogen and oxygen atoms in total. The predicted molar refractivity (Wildman–Crippen MR) is 122 cm³/mol. The largest absolute Gasteiger partial charge is 0.494 e. The highest BCUT2D eigenvalue weighted by atomic mass is 35.5. The third-order valence-corrected chi connectivity index (χ3v) is 5.21. The minimum atomic E-state index is -0.359. The number of carbonyl (C=O) groups excluding carboxylic acids is 2. The van der Waals surface area contributed by atoms with Crippen LogP contribution >= 0.6 is 11.6 Å². The van der Waals surface area contributed by atoms with Crippen LogP contribution < -0.4 is 10.1 Å². The SMILES string of the molecule is CCCOc1ccc(C2=C(Nc3cc(Cl)ccc3C)C(=O)N(CCCOC)C2=O)cc1. The molecule has 1 N–H and O–H groups in total. The molecule has 1 aliphatic rings. The Balaban J connectivity index is 1.98. The Hall–Kier alpha value is -2.83. The summed E-state index contributed by atoms with van der Waals surface area (Å²) in [5, 5.41) is 3.71. The molecule has 0 bridgehead atoms. The van der Waals surface area contributed by atoms with Gasteiger partial charge in [-0.2, -0.15) is 0 Å². The van der Waals surface area contributed by atoms with Crippen molar-refractivity contribution in [2.75, 3.05) is 32.2 Å². The first-order valence-corrected chi connectivity index (χ1v) is 10.7. The topological polar surface area (TPSA) is 67.9 Å². The van der Waals surface area contributed by atoms with Gasteiger partial charge in [-0.25, -0.2) is 0 Å². The number of hydrogen-bond donors (Lipinski definition) is 1. The third-order valence-electron chi connectivity index (χ3n) is 4.97. The van der Waals surface area contributed by atoms with Crippen LogP contribution in [0.1, 0.15) is 30.9 Å². The van der Waals surface area contributed by atoms with Gasteiger partial charge in [0.2, 0.25) is 0 Å². The summed E-state index contributed by atoms with van der Waals surface area (Å²) in [4.78, 5) is 27.7. The third kappa shape index (κ3) is 5.27. The molecule has 1 aliphatic heterocycles. The second kappa shape index (κ2) is 10.5. The Bertz CT molecular complexity index is 986. The maximum atomic E-state index is 13.2. The fourth-order valence-electron chi connectivity index (χ4n) is 3.33. The number of aryl methyl sites for hydroxylation is 1. The van der Waals surface area contributed by atoms with Gasteiger partial charge in [0.15, 0.2) is 0 Å². The Morgan fingerprint density at radius 3 is 2.45 bits per heavy atom. The number of anilines is 1. The molecular formula is C24H27ClN2O4. The van der Waals surface area contributed by atoms with E-state index in [-0.39, 0.29) is 24.1 Å². The van der Waals surface area contributed by atoms with Gasteiger partial charge in [0, 0.05) is 31.0 Å². The molecular weight excluding hydrogens is 416 g/mol. The van der Waals surface area contributed by atoms with Crippen LogP contribution in [0.3, 0.4) is 0 Å². The van der Waals surface area contributed by atoms with Crippen LogP contribution in [0.4, 0.5) is 5.69 Å². The van der Waals surface area contributed by atoms with Crippen molar-refractivity contribution >= 4 is 34.7 Å². The lowest BCUT2D eigenvalue weighted by atomic mass is 10.0. The van der Waals surface area contributed by atoms with E-state index in [1.807, 2.05) is 32.0 Å². The lowest BCUT2D eigenvalue weighted by Crippen LogP contribution is -2.34. The van der Waals surface area contributed by atoms with Crippen molar-refractivity contribution < 1.29 is 19.1 Å². The molecule has 0 radical (unpaired) electrons. The molecule has 0 saturated carbocycles. The van der Waals surface area contributed by atoms with Gasteiger partial charge in [-0.05, 0) is 55.2 Å². The monoisotopic (exact) mass is 442 g/mol. The predicted octanol–water partition coefficient (Wildman–Crippen LogP) is 4.67. The van der Waals surface area contributed by atoms with E-state index < -0.39 is 0 Å². The van der Waals surface area contributed by atoms with Gasteiger partial charge >= 0.3 is 0 Å². The van der Waals surface area contributed by atoms with Crippen LogP contribution in [0.15, 0.2) is 48.2 Å². The van der Waals surface area contributed by atoms with Crippen LogP contribution in [0.2, 0.25) is 5.02 Å². The van der Waals surface area contributed by atoms with E-state index in [9.17, 15) is 9.59 Å². The number of benzene rings is 2. The van der Waals surface area contributed by atoms with Gasteiger partial charge in [0.1, 0.15) is 11.4 Å². The van der Waals surface area contributed by atoms with E-state index in [2.05, 4.69) is 5.32 Å². The number of nitrogens with zero attached hydrogens (tertiary/aromatic N) is 1. The molecule has 0 atom stereocenters. The molecule has 0 aliphatic carbocycles. The highest BCUT2D eigenvalue weighted by Crippen LogP contribution is 2.33. The van der Waals surface area contributed by atoms with Crippen LogP contribution in [0, 0.1) is 6.92 Å². The van der Waals surface area contributed by atoms with E-state index >= 15 is 0 Å². The van der Waals surface area contributed by atoms with Crippen molar-refractivity contribution in [3.8, 4) is 5.75 Å². The number of ether oxygens (including phenoxy) is 2. The van der Waals surface area contributed by atoms with Gasteiger partial charge < -0.3 is 14.8 Å². The zero-order chi connectivity index (χ0) is 22.4. The smallest absolute Gasteiger partial charge is 0.278 e. The summed E-state index contributed by atoms with van der Waals surface area (Å²) in [6, 6.07) is 12.6. The van der Waals surface area contributed by atoms with Gasteiger partial charge in [0.25, 0.3) is 11.8 Å². The summed E-state index contributed by atoms with van der Waals surface area (Å²) >= 11 is 6.15. The zero-order valence-electron chi connectivity index (χ0n) is 18.0. The molecule has 0 fully saturated rings. The minimum absolute atomic E-state index is 0.245. The molecule has 164 valence electrons.